The van der Waals surface area contributed by atoms with Gasteiger partial charge in [0.25, 0.3) is 5.91 Å². The summed E-state index contributed by atoms with van der Waals surface area (Å²) in [6, 6.07) is 6.84. The van der Waals surface area contributed by atoms with E-state index in [2.05, 4.69) is 4.84 Å². The van der Waals surface area contributed by atoms with Gasteiger partial charge in [-0.3, -0.25) is 14.4 Å². The summed E-state index contributed by atoms with van der Waals surface area (Å²) in [7, 11) is 0. The molecule has 1 heterocycles. The Balaban J connectivity index is 1.91. The molecule has 0 saturated heterocycles. The highest BCUT2D eigenvalue weighted by atomic mass is 19.1. The van der Waals surface area contributed by atoms with E-state index in [1.54, 1.807) is 0 Å². The molecule has 0 aromatic heterocycles. The average Bonchev–Trinajstić information content (AvgIpc) is 3.07. The van der Waals surface area contributed by atoms with E-state index in [0.717, 1.165) is 13.0 Å². The molecule has 1 aliphatic rings. The van der Waals surface area contributed by atoms with E-state index >= 15 is 0 Å². The molecule has 1 amide bonds. The van der Waals surface area contributed by atoms with Crippen LogP contribution in [0.15, 0.2) is 30.3 Å². The van der Waals surface area contributed by atoms with Crippen molar-refractivity contribution in [3.8, 4) is 11.5 Å². The van der Waals surface area contributed by atoms with Gasteiger partial charge < -0.3 is 14.7 Å². The summed E-state index contributed by atoms with van der Waals surface area (Å²) >= 11 is 0. The molecule has 1 atom stereocenters. The maximum absolute atomic E-state index is 13.9. The highest BCUT2D eigenvalue weighted by Gasteiger charge is 2.34. The Labute approximate surface area is 153 Å². The second kappa shape index (κ2) is 7.06. The summed E-state index contributed by atoms with van der Waals surface area (Å²) in [5.41, 5.74) is 2.48. The Morgan fingerprint density at radius 1 is 1.26 bits per heavy atom. The number of fused-ring (bicyclic) bond motifs is 1. The molecule has 2 aromatic rings. The molecule has 27 heavy (non-hydrogen) atoms. The third-order valence-electron chi connectivity index (χ3n) is 4.18. The van der Waals surface area contributed by atoms with Crippen molar-refractivity contribution in [3.63, 3.8) is 0 Å². The van der Waals surface area contributed by atoms with Gasteiger partial charge in [0.2, 0.25) is 0 Å². The summed E-state index contributed by atoms with van der Waals surface area (Å²) < 4.78 is 19.5. The van der Waals surface area contributed by atoms with E-state index in [4.69, 9.17) is 4.74 Å². The first-order valence-electron chi connectivity index (χ1n) is 8.08. The number of rotatable bonds is 3. The fourth-order valence-corrected chi connectivity index (χ4v) is 2.86. The molecule has 3 rings (SSSR count). The monoisotopic (exact) mass is 373 g/mol. The molecule has 140 valence electrons. The number of hydroxylamine groups is 1. The summed E-state index contributed by atoms with van der Waals surface area (Å²) in [6.45, 7) is 2.66. The summed E-state index contributed by atoms with van der Waals surface area (Å²) in [4.78, 5) is 39.9. The van der Waals surface area contributed by atoms with Crippen molar-refractivity contribution in [1.29, 1.82) is 0 Å². The van der Waals surface area contributed by atoms with Crippen molar-refractivity contribution in [2.45, 2.75) is 26.4 Å². The number of hydrogen-bond acceptors (Lipinski definition) is 6. The van der Waals surface area contributed by atoms with Gasteiger partial charge in [-0.1, -0.05) is 12.1 Å². The number of ether oxygens (including phenoxy) is 1. The van der Waals surface area contributed by atoms with Crippen LogP contribution in [0.25, 0.3) is 0 Å². The molecule has 2 N–H and O–H groups in total. The minimum absolute atomic E-state index is 0.0824. The summed E-state index contributed by atoms with van der Waals surface area (Å²) in [6.07, 6.45) is -0.891. The van der Waals surface area contributed by atoms with E-state index in [9.17, 15) is 23.9 Å². The van der Waals surface area contributed by atoms with Gasteiger partial charge in [-0.2, -0.15) is 5.48 Å². The number of nitrogens with one attached hydrogen (secondary N) is 1. The standard InChI is InChI=1S/C19H16FNO6/c1-9-16(23)13(17(24)12-5-3-4-6-14(12)20)7-11-8-15(26-18(9)11)19(25)21-27-10(2)22/h3-7,15,23H,8H2,1-2H3,(H,21,25). The molecular formula is C19H16FNO6. The van der Waals surface area contributed by atoms with Gasteiger partial charge in [0, 0.05) is 18.9 Å². The van der Waals surface area contributed by atoms with Gasteiger partial charge in [-0.05, 0) is 30.7 Å². The molecule has 0 fully saturated rings. The Bertz CT molecular complexity index is 955. The number of phenols is 1. The Morgan fingerprint density at radius 2 is 1.96 bits per heavy atom. The van der Waals surface area contributed by atoms with Crippen molar-refractivity contribution in [1.82, 2.24) is 5.48 Å². The smallest absolute Gasteiger partial charge is 0.329 e. The van der Waals surface area contributed by atoms with E-state index in [1.807, 2.05) is 5.48 Å². The van der Waals surface area contributed by atoms with Crippen LogP contribution in [0.1, 0.15) is 34.0 Å². The number of amides is 1. The van der Waals surface area contributed by atoms with Gasteiger partial charge in [-0.25, -0.2) is 4.39 Å². The number of hydrogen-bond donors (Lipinski definition) is 2. The highest BCUT2D eigenvalue weighted by molar-refractivity contribution is 6.11. The first kappa shape index (κ1) is 18.4. The average molecular weight is 373 g/mol. The molecule has 0 aliphatic carbocycles. The lowest BCUT2D eigenvalue weighted by Crippen LogP contribution is -2.38. The number of ketones is 1. The number of aromatic hydroxyl groups is 1. The molecule has 1 aliphatic heterocycles. The lowest BCUT2D eigenvalue weighted by molar-refractivity contribution is -0.158. The second-order valence-electron chi connectivity index (χ2n) is 6.07. The molecule has 0 spiro atoms. The zero-order chi connectivity index (χ0) is 19.7. The van der Waals surface area contributed by atoms with Gasteiger partial charge in [0.1, 0.15) is 17.3 Å². The molecule has 0 bridgehead atoms. The van der Waals surface area contributed by atoms with Crippen LogP contribution in [-0.4, -0.2) is 28.9 Å². The predicted molar refractivity (Wildman–Crippen MR) is 90.7 cm³/mol. The van der Waals surface area contributed by atoms with Crippen LogP contribution < -0.4 is 10.2 Å². The Morgan fingerprint density at radius 3 is 2.63 bits per heavy atom. The maximum atomic E-state index is 13.9. The molecule has 7 nitrogen and oxygen atoms in total. The predicted octanol–water partition coefficient (Wildman–Crippen LogP) is 1.97. The molecule has 0 radical (unpaired) electrons. The lowest BCUT2D eigenvalue weighted by Gasteiger charge is -2.12. The van der Waals surface area contributed by atoms with E-state index in [1.165, 1.54) is 31.2 Å². The number of benzene rings is 2. The topological polar surface area (TPSA) is 102 Å². The molecule has 2 aromatic carbocycles. The van der Waals surface area contributed by atoms with Crippen LogP contribution in [0.5, 0.6) is 11.5 Å². The van der Waals surface area contributed by atoms with Gasteiger partial charge >= 0.3 is 5.97 Å². The highest BCUT2D eigenvalue weighted by Crippen LogP contribution is 2.40. The van der Waals surface area contributed by atoms with E-state index in [0.29, 0.717) is 5.56 Å². The zero-order valence-corrected chi connectivity index (χ0v) is 14.5. The third-order valence-corrected chi connectivity index (χ3v) is 4.18. The minimum Gasteiger partial charge on any atom is -0.507 e. The SMILES string of the molecule is CC(=O)ONC(=O)C1Cc2cc(C(=O)c3ccccc3F)c(O)c(C)c2O1. The second-order valence-corrected chi connectivity index (χ2v) is 6.07. The van der Waals surface area contributed by atoms with Crippen LogP contribution in [-0.2, 0) is 20.8 Å². The van der Waals surface area contributed by atoms with Gasteiger partial charge in [0.05, 0.1) is 11.1 Å². The quantitative estimate of drug-likeness (QED) is 0.630. The molecule has 0 saturated carbocycles. The van der Waals surface area contributed by atoms with Crippen LogP contribution in [0.2, 0.25) is 0 Å². The van der Waals surface area contributed by atoms with Crippen molar-refractivity contribution in [2.75, 3.05) is 0 Å². The van der Waals surface area contributed by atoms with Crippen LogP contribution >= 0.6 is 0 Å². The molecule has 8 heteroatoms. The fraction of sp³-hybridized carbons (Fsp3) is 0.211. The number of phenolic OH excluding ortho intramolecular Hbond substituents is 1. The van der Waals surface area contributed by atoms with Crippen LogP contribution in [0.3, 0.4) is 0 Å². The van der Waals surface area contributed by atoms with Crippen molar-refractivity contribution < 1.29 is 33.5 Å². The lowest BCUT2D eigenvalue weighted by atomic mass is 9.95. The fourth-order valence-electron chi connectivity index (χ4n) is 2.86. The largest absolute Gasteiger partial charge is 0.507 e. The van der Waals surface area contributed by atoms with Crippen LogP contribution in [0, 0.1) is 12.7 Å². The first-order chi connectivity index (χ1) is 12.8. The van der Waals surface area contributed by atoms with Crippen molar-refractivity contribution in [3.05, 3.63) is 58.4 Å². The van der Waals surface area contributed by atoms with Gasteiger partial charge in [0.15, 0.2) is 11.9 Å². The molecule has 1 unspecified atom stereocenters. The van der Waals surface area contributed by atoms with Crippen molar-refractivity contribution in [2.24, 2.45) is 0 Å². The first-order valence-corrected chi connectivity index (χ1v) is 8.08. The Hall–Kier alpha value is -3.42. The summed E-state index contributed by atoms with van der Waals surface area (Å²) in [5.74, 6) is -2.82. The van der Waals surface area contributed by atoms with E-state index < -0.39 is 29.6 Å². The summed E-state index contributed by atoms with van der Waals surface area (Å²) in [5, 5.41) is 10.4. The van der Waals surface area contributed by atoms with Crippen molar-refractivity contribution >= 4 is 17.7 Å². The van der Waals surface area contributed by atoms with E-state index in [-0.39, 0.29) is 34.6 Å². The number of halogens is 1. The Kier molecular flexibility index (Phi) is 4.81. The maximum Gasteiger partial charge on any atom is 0.329 e. The number of carbonyl (C=O) groups is 3. The third kappa shape index (κ3) is 3.46. The van der Waals surface area contributed by atoms with Crippen LogP contribution in [0.4, 0.5) is 4.39 Å². The molecular weight excluding hydrogens is 357 g/mol. The minimum atomic E-state index is -0.990. The zero-order valence-electron chi connectivity index (χ0n) is 14.5. The number of carbonyl (C=O) groups excluding carboxylic acids is 3. The van der Waals surface area contributed by atoms with Gasteiger partial charge in [-0.15, -0.1) is 0 Å². The normalized spacial score (nSPS) is 14.9.